The van der Waals surface area contributed by atoms with E-state index in [9.17, 15) is 9.59 Å². The van der Waals surface area contributed by atoms with Crippen molar-refractivity contribution >= 4 is 23.5 Å². The second-order valence-corrected chi connectivity index (χ2v) is 4.97. The highest BCUT2D eigenvalue weighted by atomic mass is 35.5. The van der Waals surface area contributed by atoms with E-state index in [2.05, 4.69) is 21.9 Å². The summed E-state index contributed by atoms with van der Waals surface area (Å²) in [7, 11) is 1.27. The summed E-state index contributed by atoms with van der Waals surface area (Å²) in [5.74, 6) is 4.80. The average Bonchev–Trinajstić information content (AvgIpc) is 2.58. The van der Waals surface area contributed by atoms with Gasteiger partial charge in [-0.3, -0.25) is 4.79 Å². The SMILES string of the molecule is COC(=O)c1ccccc1C(=O)NCC#Cc1cccc(Cl)c1. The number of hydrogen-bond donors (Lipinski definition) is 1. The molecule has 0 aliphatic carbocycles. The molecule has 0 aliphatic heterocycles. The lowest BCUT2D eigenvalue weighted by atomic mass is 10.1. The van der Waals surface area contributed by atoms with E-state index in [-0.39, 0.29) is 23.6 Å². The summed E-state index contributed by atoms with van der Waals surface area (Å²) < 4.78 is 4.66. The number of halogens is 1. The van der Waals surface area contributed by atoms with Crippen molar-refractivity contribution < 1.29 is 14.3 Å². The van der Waals surface area contributed by atoms with Crippen LogP contribution in [0.5, 0.6) is 0 Å². The van der Waals surface area contributed by atoms with E-state index in [1.807, 2.05) is 6.07 Å². The molecule has 1 N–H and O–H groups in total. The fraction of sp³-hybridized carbons (Fsp3) is 0.111. The topological polar surface area (TPSA) is 55.4 Å². The summed E-state index contributed by atoms with van der Waals surface area (Å²) in [5, 5.41) is 3.25. The maximum absolute atomic E-state index is 12.1. The van der Waals surface area contributed by atoms with Crippen molar-refractivity contribution in [3.8, 4) is 11.8 Å². The quantitative estimate of drug-likeness (QED) is 0.696. The normalized spacial score (nSPS) is 9.48. The van der Waals surface area contributed by atoms with Gasteiger partial charge in [-0.15, -0.1) is 0 Å². The van der Waals surface area contributed by atoms with Crippen LogP contribution >= 0.6 is 11.6 Å². The van der Waals surface area contributed by atoms with E-state index in [1.165, 1.54) is 7.11 Å². The Labute approximate surface area is 139 Å². The van der Waals surface area contributed by atoms with Crippen LogP contribution in [0.3, 0.4) is 0 Å². The van der Waals surface area contributed by atoms with Crippen LogP contribution < -0.4 is 5.32 Å². The van der Waals surface area contributed by atoms with Gasteiger partial charge in [0.05, 0.1) is 24.8 Å². The Morgan fingerprint density at radius 3 is 2.57 bits per heavy atom. The standard InChI is InChI=1S/C18H14ClNO3/c1-23-18(22)16-10-3-2-9-15(16)17(21)20-11-5-7-13-6-4-8-14(19)12-13/h2-4,6,8-10,12H,11H2,1H3,(H,20,21). The molecule has 1 amide bonds. The lowest BCUT2D eigenvalue weighted by Gasteiger charge is -2.06. The fourth-order valence-electron chi connectivity index (χ4n) is 1.90. The highest BCUT2D eigenvalue weighted by molar-refractivity contribution is 6.30. The minimum absolute atomic E-state index is 0.154. The van der Waals surface area contributed by atoms with E-state index in [0.29, 0.717) is 5.02 Å². The van der Waals surface area contributed by atoms with Gasteiger partial charge in [0.2, 0.25) is 0 Å². The van der Waals surface area contributed by atoms with Crippen molar-refractivity contribution in [1.82, 2.24) is 5.32 Å². The molecule has 2 aromatic rings. The van der Waals surface area contributed by atoms with Gasteiger partial charge in [0.1, 0.15) is 0 Å². The summed E-state index contributed by atoms with van der Waals surface area (Å²) in [6.45, 7) is 0.154. The smallest absolute Gasteiger partial charge is 0.338 e. The Balaban J connectivity index is 2.03. The first-order valence-electron chi connectivity index (χ1n) is 6.82. The third-order valence-electron chi connectivity index (χ3n) is 2.97. The molecule has 5 heteroatoms. The van der Waals surface area contributed by atoms with Crippen LogP contribution in [0.2, 0.25) is 5.02 Å². The second kappa shape index (κ2) is 8.02. The predicted molar refractivity (Wildman–Crippen MR) is 88.4 cm³/mol. The molecule has 116 valence electrons. The van der Waals surface area contributed by atoms with Crippen molar-refractivity contribution in [2.45, 2.75) is 0 Å². The van der Waals surface area contributed by atoms with Gasteiger partial charge in [0.15, 0.2) is 0 Å². The number of amides is 1. The van der Waals surface area contributed by atoms with Crippen LogP contribution in [0.1, 0.15) is 26.3 Å². The summed E-state index contributed by atoms with van der Waals surface area (Å²) in [5.41, 5.74) is 1.24. The number of nitrogens with one attached hydrogen (secondary N) is 1. The largest absolute Gasteiger partial charge is 0.465 e. The van der Waals surface area contributed by atoms with Gasteiger partial charge in [-0.05, 0) is 30.3 Å². The van der Waals surface area contributed by atoms with Gasteiger partial charge in [-0.25, -0.2) is 4.79 Å². The molecule has 0 unspecified atom stereocenters. The minimum Gasteiger partial charge on any atom is -0.465 e. The lowest BCUT2D eigenvalue weighted by Crippen LogP contribution is -2.25. The fourth-order valence-corrected chi connectivity index (χ4v) is 2.09. The molecule has 0 spiro atoms. The van der Waals surface area contributed by atoms with Gasteiger partial charge in [0, 0.05) is 10.6 Å². The zero-order valence-electron chi connectivity index (χ0n) is 12.4. The number of benzene rings is 2. The van der Waals surface area contributed by atoms with Crippen molar-refractivity contribution in [2.75, 3.05) is 13.7 Å². The van der Waals surface area contributed by atoms with E-state index < -0.39 is 5.97 Å². The van der Waals surface area contributed by atoms with Crippen molar-refractivity contribution in [1.29, 1.82) is 0 Å². The molecule has 0 fully saturated rings. The minimum atomic E-state index is -0.555. The molecule has 2 rings (SSSR count). The monoisotopic (exact) mass is 327 g/mol. The van der Waals surface area contributed by atoms with Crippen molar-refractivity contribution in [2.24, 2.45) is 0 Å². The van der Waals surface area contributed by atoms with Crippen molar-refractivity contribution in [3.63, 3.8) is 0 Å². The first-order chi connectivity index (χ1) is 11.1. The average molecular weight is 328 g/mol. The van der Waals surface area contributed by atoms with Gasteiger partial charge in [-0.2, -0.15) is 0 Å². The number of esters is 1. The number of rotatable bonds is 3. The maximum Gasteiger partial charge on any atom is 0.338 e. The lowest BCUT2D eigenvalue weighted by molar-refractivity contribution is 0.0596. The molecule has 0 heterocycles. The van der Waals surface area contributed by atoms with E-state index in [4.69, 9.17) is 11.6 Å². The summed E-state index contributed by atoms with van der Waals surface area (Å²) >= 11 is 5.87. The summed E-state index contributed by atoms with van der Waals surface area (Å²) in [6, 6.07) is 13.6. The molecule has 4 nitrogen and oxygen atoms in total. The molecular weight excluding hydrogens is 314 g/mol. The molecule has 23 heavy (non-hydrogen) atoms. The molecule has 0 saturated heterocycles. The Hall–Kier alpha value is -2.77. The number of methoxy groups -OCH3 is 1. The second-order valence-electron chi connectivity index (χ2n) is 4.53. The molecule has 0 atom stereocenters. The van der Waals surface area contributed by atoms with Crippen LogP contribution in [0.4, 0.5) is 0 Å². The molecular formula is C18H14ClNO3. The molecule has 0 aromatic heterocycles. The molecule has 2 aromatic carbocycles. The summed E-state index contributed by atoms with van der Waals surface area (Å²) in [4.78, 5) is 23.8. The first kappa shape index (κ1) is 16.6. The highest BCUT2D eigenvalue weighted by Gasteiger charge is 2.16. The summed E-state index contributed by atoms with van der Waals surface area (Å²) in [6.07, 6.45) is 0. The Kier molecular flexibility index (Phi) is 5.79. The van der Waals surface area contributed by atoms with Gasteiger partial charge in [-0.1, -0.05) is 41.6 Å². The van der Waals surface area contributed by atoms with Gasteiger partial charge in [0.25, 0.3) is 5.91 Å². The van der Waals surface area contributed by atoms with E-state index in [0.717, 1.165) is 5.56 Å². The van der Waals surface area contributed by atoms with E-state index in [1.54, 1.807) is 42.5 Å². The number of ether oxygens (including phenoxy) is 1. The van der Waals surface area contributed by atoms with Crippen LogP contribution in [0.15, 0.2) is 48.5 Å². The highest BCUT2D eigenvalue weighted by Crippen LogP contribution is 2.10. The van der Waals surface area contributed by atoms with E-state index >= 15 is 0 Å². The third-order valence-corrected chi connectivity index (χ3v) is 3.21. The predicted octanol–water partition coefficient (Wildman–Crippen LogP) is 2.91. The Bertz CT molecular complexity index is 790. The third kappa shape index (κ3) is 4.60. The molecule has 0 saturated carbocycles. The van der Waals surface area contributed by atoms with Crippen LogP contribution in [0, 0.1) is 11.8 Å². The zero-order valence-corrected chi connectivity index (χ0v) is 13.2. The number of carbonyl (C=O) groups is 2. The maximum atomic E-state index is 12.1. The first-order valence-corrected chi connectivity index (χ1v) is 7.19. The van der Waals surface area contributed by atoms with Gasteiger partial charge < -0.3 is 10.1 Å². The Morgan fingerprint density at radius 2 is 1.87 bits per heavy atom. The number of carbonyl (C=O) groups excluding carboxylic acids is 2. The van der Waals surface area contributed by atoms with Crippen LogP contribution in [-0.4, -0.2) is 25.5 Å². The van der Waals surface area contributed by atoms with Crippen molar-refractivity contribution in [3.05, 3.63) is 70.2 Å². The van der Waals surface area contributed by atoms with Crippen LogP contribution in [-0.2, 0) is 4.74 Å². The van der Waals surface area contributed by atoms with Gasteiger partial charge >= 0.3 is 5.97 Å². The molecule has 0 bridgehead atoms. The molecule has 0 radical (unpaired) electrons. The Morgan fingerprint density at radius 1 is 1.13 bits per heavy atom. The zero-order chi connectivity index (χ0) is 16.7. The number of hydrogen-bond acceptors (Lipinski definition) is 3. The molecule has 0 aliphatic rings. The van der Waals surface area contributed by atoms with Crippen LogP contribution in [0.25, 0.3) is 0 Å².